The van der Waals surface area contributed by atoms with Crippen molar-refractivity contribution in [1.82, 2.24) is 0 Å². The molecule has 2 rings (SSSR count). The summed E-state index contributed by atoms with van der Waals surface area (Å²) in [5.74, 6) is 7.45. The molecule has 0 amide bonds. The second kappa shape index (κ2) is 8.48. The Hall–Kier alpha value is -2.16. The van der Waals surface area contributed by atoms with Crippen molar-refractivity contribution in [2.24, 2.45) is 5.41 Å². The fraction of sp³-hybridized carbons (Fsp3) is 0.524. The molecule has 0 unspecified atom stereocenters. The van der Waals surface area contributed by atoms with Gasteiger partial charge in [0.1, 0.15) is 17.2 Å². The van der Waals surface area contributed by atoms with E-state index in [9.17, 15) is 0 Å². The third-order valence-corrected chi connectivity index (χ3v) is 4.26. The van der Waals surface area contributed by atoms with Crippen LogP contribution in [0.3, 0.4) is 0 Å². The second-order valence-corrected chi connectivity index (χ2v) is 6.95. The lowest BCUT2D eigenvalue weighted by Crippen LogP contribution is -2.42. The van der Waals surface area contributed by atoms with Crippen molar-refractivity contribution in [2.45, 2.75) is 33.0 Å². The molecule has 1 fully saturated rings. The van der Waals surface area contributed by atoms with Crippen molar-refractivity contribution in [3.63, 3.8) is 0 Å². The van der Waals surface area contributed by atoms with Gasteiger partial charge in [-0.25, -0.2) is 0 Å². The highest BCUT2D eigenvalue weighted by molar-refractivity contribution is 5.51. The fourth-order valence-electron chi connectivity index (χ4n) is 2.76. The summed E-state index contributed by atoms with van der Waals surface area (Å²) in [6.45, 7) is 7.31. The number of hydrogen-bond donors (Lipinski definition) is 0. The van der Waals surface area contributed by atoms with Crippen LogP contribution < -0.4 is 14.2 Å². The Labute approximate surface area is 156 Å². The molecular formula is C21H28O5. The van der Waals surface area contributed by atoms with Gasteiger partial charge in [-0.1, -0.05) is 32.8 Å². The topological polar surface area (TPSA) is 46.2 Å². The average molecular weight is 360 g/mol. The molecule has 1 aromatic carbocycles. The number of ether oxygens (including phenoxy) is 5. The monoisotopic (exact) mass is 360 g/mol. The molecule has 0 radical (unpaired) electrons. The molecule has 0 saturated carbocycles. The van der Waals surface area contributed by atoms with Crippen LogP contribution in [0.15, 0.2) is 24.3 Å². The molecule has 1 aliphatic heterocycles. The van der Waals surface area contributed by atoms with Gasteiger partial charge in [0.2, 0.25) is 5.79 Å². The zero-order valence-electron chi connectivity index (χ0n) is 16.5. The van der Waals surface area contributed by atoms with Crippen LogP contribution in [-0.2, 0) is 15.9 Å². The summed E-state index contributed by atoms with van der Waals surface area (Å²) in [4.78, 5) is 0. The van der Waals surface area contributed by atoms with Crippen molar-refractivity contribution in [3.05, 3.63) is 29.8 Å². The normalized spacial score (nSPS) is 16.2. The van der Waals surface area contributed by atoms with E-state index in [2.05, 4.69) is 32.6 Å². The Morgan fingerprint density at radius 3 is 2.08 bits per heavy atom. The van der Waals surface area contributed by atoms with Crippen LogP contribution in [-0.4, -0.2) is 40.3 Å². The van der Waals surface area contributed by atoms with Crippen molar-refractivity contribution in [3.8, 4) is 29.1 Å². The Morgan fingerprint density at radius 2 is 1.62 bits per heavy atom. The van der Waals surface area contributed by atoms with Gasteiger partial charge >= 0.3 is 0 Å². The molecule has 142 valence electrons. The lowest BCUT2D eigenvalue weighted by atomic mass is 9.85. The Morgan fingerprint density at radius 1 is 1.04 bits per heavy atom. The van der Waals surface area contributed by atoms with Gasteiger partial charge in [0.25, 0.3) is 0 Å². The molecule has 0 spiro atoms. The van der Waals surface area contributed by atoms with Gasteiger partial charge in [-0.05, 0) is 18.4 Å². The zero-order valence-corrected chi connectivity index (χ0v) is 16.5. The molecule has 1 aromatic rings. The highest BCUT2D eigenvalue weighted by atomic mass is 16.7. The van der Waals surface area contributed by atoms with E-state index in [4.69, 9.17) is 23.7 Å². The minimum absolute atomic E-state index is 0.229. The summed E-state index contributed by atoms with van der Waals surface area (Å²) in [6.07, 6.45) is 4.39. The molecule has 0 aromatic heterocycles. The highest BCUT2D eigenvalue weighted by Crippen LogP contribution is 2.37. The van der Waals surface area contributed by atoms with Crippen LogP contribution in [0.5, 0.6) is 17.2 Å². The van der Waals surface area contributed by atoms with E-state index in [1.54, 1.807) is 21.3 Å². The second-order valence-electron chi connectivity index (χ2n) is 6.95. The third kappa shape index (κ3) is 4.32. The molecular weight excluding hydrogens is 332 g/mol. The van der Waals surface area contributed by atoms with Gasteiger partial charge in [0.15, 0.2) is 0 Å². The van der Waals surface area contributed by atoms with E-state index < -0.39 is 5.79 Å². The smallest absolute Gasteiger partial charge is 0.239 e. The predicted molar refractivity (Wildman–Crippen MR) is 101 cm³/mol. The van der Waals surface area contributed by atoms with E-state index in [-0.39, 0.29) is 5.41 Å². The molecule has 26 heavy (non-hydrogen) atoms. The summed E-state index contributed by atoms with van der Waals surface area (Å²) in [7, 11) is 4.87. The fourth-order valence-corrected chi connectivity index (χ4v) is 2.76. The molecule has 1 aliphatic rings. The van der Waals surface area contributed by atoms with Crippen LogP contribution in [0.1, 0.15) is 26.3 Å². The van der Waals surface area contributed by atoms with Crippen LogP contribution in [0.4, 0.5) is 0 Å². The first-order valence-electron chi connectivity index (χ1n) is 8.61. The van der Waals surface area contributed by atoms with E-state index >= 15 is 0 Å². The van der Waals surface area contributed by atoms with Crippen molar-refractivity contribution in [1.29, 1.82) is 0 Å². The summed E-state index contributed by atoms with van der Waals surface area (Å²) in [6, 6.07) is 3.68. The predicted octanol–water partition coefficient (Wildman–Crippen LogP) is 3.60. The first-order valence-corrected chi connectivity index (χ1v) is 8.61. The molecule has 0 atom stereocenters. The van der Waals surface area contributed by atoms with Gasteiger partial charge < -0.3 is 23.7 Å². The quantitative estimate of drug-likeness (QED) is 0.751. The SMILES string of the molecule is COc1cc(OC)c(C/C=C/C#CC2(C(C)(C)C)OCCO2)c(OC)c1. The van der Waals surface area contributed by atoms with Crippen molar-refractivity contribution < 1.29 is 23.7 Å². The maximum absolute atomic E-state index is 5.78. The minimum atomic E-state index is -0.854. The molecule has 0 aliphatic carbocycles. The van der Waals surface area contributed by atoms with E-state index in [1.165, 1.54) is 0 Å². The van der Waals surface area contributed by atoms with Crippen LogP contribution in [0.2, 0.25) is 0 Å². The zero-order chi connectivity index (χ0) is 19.2. The van der Waals surface area contributed by atoms with Gasteiger partial charge in [-0.15, -0.1) is 0 Å². The Bertz CT molecular complexity index is 672. The number of rotatable bonds is 5. The van der Waals surface area contributed by atoms with Gasteiger partial charge in [-0.3, -0.25) is 0 Å². The van der Waals surface area contributed by atoms with Gasteiger partial charge in [0.05, 0.1) is 34.5 Å². The Balaban J connectivity index is 2.17. The van der Waals surface area contributed by atoms with Gasteiger partial charge in [-0.2, -0.15) is 0 Å². The summed E-state index contributed by atoms with van der Waals surface area (Å²) in [5.41, 5.74) is 0.708. The van der Waals surface area contributed by atoms with Crippen LogP contribution >= 0.6 is 0 Å². The lowest BCUT2D eigenvalue weighted by Gasteiger charge is -2.34. The molecule has 5 nitrogen and oxygen atoms in total. The number of methoxy groups -OCH3 is 3. The van der Waals surface area contributed by atoms with Gasteiger partial charge in [0, 0.05) is 23.1 Å². The minimum Gasteiger partial charge on any atom is -0.496 e. The van der Waals surface area contributed by atoms with Crippen molar-refractivity contribution in [2.75, 3.05) is 34.5 Å². The molecule has 0 N–H and O–H groups in total. The molecule has 1 saturated heterocycles. The first kappa shape index (κ1) is 20.2. The summed E-state index contributed by atoms with van der Waals surface area (Å²) in [5, 5.41) is 0. The lowest BCUT2D eigenvalue weighted by molar-refractivity contribution is -0.176. The molecule has 0 bridgehead atoms. The summed E-state index contributed by atoms with van der Waals surface area (Å²) >= 11 is 0. The first-order chi connectivity index (χ1) is 12.4. The molecule has 5 heteroatoms. The number of hydrogen-bond acceptors (Lipinski definition) is 5. The average Bonchev–Trinajstić information content (AvgIpc) is 3.11. The van der Waals surface area contributed by atoms with E-state index in [0.29, 0.717) is 36.9 Å². The van der Waals surface area contributed by atoms with E-state index in [1.807, 2.05) is 24.3 Å². The number of allylic oxidation sites excluding steroid dienone is 2. The third-order valence-electron chi connectivity index (χ3n) is 4.26. The summed E-state index contributed by atoms with van der Waals surface area (Å²) < 4.78 is 27.8. The standard InChI is InChI=1S/C21H28O5/c1-20(2,3)21(25-12-13-26-21)11-9-7-8-10-17-18(23-5)14-16(22-4)15-19(17)24-6/h7-8,14-15H,10,12-13H2,1-6H3/b8-7+. The van der Waals surface area contributed by atoms with Crippen LogP contribution in [0, 0.1) is 17.3 Å². The maximum Gasteiger partial charge on any atom is 0.239 e. The van der Waals surface area contributed by atoms with Crippen molar-refractivity contribution >= 4 is 0 Å². The Kier molecular flexibility index (Phi) is 6.57. The molecule has 1 heterocycles. The van der Waals surface area contributed by atoms with Crippen LogP contribution in [0.25, 0.3) is 0 Å². The number of benzene rings is 1. The largest absolute Gasteiger partial charge is 0.496 e. The highest BCUT2D eigenvalue weighted by Gasteiger charge is 2.46. The maximum atomic E-state index is 5.78. The van der Waals surface area contributed by atoms with E-state index in [0.717, 1.165) is 5.56 Å².